The molecule has 16 heteroatoms. The summed E-state index contributed by atoms with van der Waals surface area (Å²) in [7, 11) is 2.72. The number of amidine groups is 3. The number of hydrogen-bond donors (Lipinski definition) is 9. The lowest BCUT2D eigenvalue weighted by Crippen LogP contribution is -2.45. The molecule has 0 radical (unpaired) electrons. The fourth-order valence-corrected chi connectivity index (χ4v) is 11.9. The molecular weight excluding hydrogens is 1270 g/mol. The Hall–Kier alpha value is -12.3. The maximum Gasteiger partial charge on any atom is 0.311 e. The average Bonchev–Trinajstić information content (AvgIpc) is 0.845. The summed E-state index contributed by atoms with van der Waals surface area (Å²) in [4.78, 5) is 65.1. The zero-order valence-corrected chi connectivity index (χ0v) is 57.7. The molecule has 6 unspecified atom stereocenters. The van der Waals surface area contributed by atoms with Gasteiger partial charge >= 0.3 is 11.9 Å². The fourth-order valence-electron chi connectivity index (χ4n) is 11.9. The van der Waals surface area contributed by atoms with Gasteiger partial charge in [0.15, 0.2) is 0 Å². The molecule has 0 saturated carbocycles. The van der Waals surface area contributed by atoms with Crippen LogP contribution in [0.25, 0.3) is 17.2 Å². The Morgan fingerprint density at radius 2 is 0.686 bits per heavy atom. The Bertz CT molecular complexity index is 4390. The lowest BCUT2D eigenvalue weighted by Gasteiger charge is -2.27. The number of hydrogen-bond acceptors (Lipinski definition) is 10. The van der Waals surface area contributed by atoms with Crippen molar-refractivity contribution >= 4 is 53.2 Å². The molecule has 0 aliphatic heterocycles. The van der Waals surface area contributed by atoms with E-state index < -0.39 is 35.9 Å². The second-order valence-electron chi connectivity index (χ2n) is 24.8. The molecule has 520 valence electrons. The second-order valence-corrected chi connectivity index (χ2v) is 24.8. The van der Waals surface area contributed by atoms with Gasteiger partial charge < -0.3 is 42.6 Å². The number of carbonyl (C=O) groups excluding carboxylic acids is 5. The SMILES string of the molecule is CC(Cc1cccc(C(=N)N)c1)C(/C=C/c1ccccc1)NC(=O)c1ccccc1.COC(=O)C(Cc1cccc(C(=N)N)c1)C(CCc1ccccc1)NC(=O)c1ccc(-c2ccccc2)cc1.COC(=O)C(Cc1cccc(C(=N)N)c1)C(CCc1ccccc1)NC(=O)c1ccccc1. The number of amides is 3. The molecule has 12 N–H and O–H groups in total. The van der Waals surface area contributed by atoms with E-state index in [9.17, 15) is 24.0 Å². The third-order valence-electron chi connectivity index (χ3n) is 17.5. The van der Waals surface area contributed by atoms with Gasteiger partial charge in [0.2, 0.25) is 0 Å². The number of aryl methyl sites for hydroxylation is 2. The summed E-state index contributed by atoms with van der Waals surface area (Å²) in [5.41, 5.74) is 28.7. The minimum atomic E-state index is -0.631. The van der Waals surface area contributed by atoms with E-state index in [1.165, 1.54) is 14.2 Å². The number of esters is 2. The first-order valence-electron chi connectivity index (χ1n) is 33.9. The second kappa shape index (κ2) is 39.3. The highest BCUT2D eigenvalue weighted by atomic mass is 16.5. The maximum atomic E-state index is 13.4. The largest absolute Gasteiger partial charge is 0.469 e. The van der Waals surface area contributed by atoms with Crippen LogP contribution in [0.4, 0.5) is 0 Å². The molecule has 102 heavy (non-hydrogen) atoms. The van der Waals surface area contributed by atoms with Crippen molar-refractivity contribution in [2.45, 2.75) is 70.0 Å². The molecule has 0 aliphatic rings. The van der Waals surface area contributed by atoms with Crippen molar-refractivity contribution in [2.75, 3.05) is 14.2 Å². The molecule has 0 saturated heterocycles. The number of nitrogens with one attached hydrogen (secondary N) is 6. The van der Waals surface area contributed by atoms with E-state index >= 15 is 0 Å². The summed E-state index contributed by atoms with van der Waals surface area (Å²) < 4.78 is 10.3. The molecule has 10 aromatic carbocycles. The first kappa shape index (κ1) is 75.5. The molecule has 0 spiro atoms. The number of nitrogen functional groups attached to an aromatic ring is 3. The van der Waals surface area contributed by atoms with Gasteiger partial charge in [-0.25, -0.2) is 0 Å². The number of rotatable bonds is 29. The van der Waals surface area contributed by atoms with E-state index in [4.69, 9.17) is 42.9 Å². The smallest absolute Gasteiger partial charge is 0.311 e. The third kappa shape index (κ3) is 23.7. The number of carbonyl (C=O) groups is 5. The Kier molecular flexibility index (Phi) is 29.1. The standard InChI is InChI=1S/C33H33N3O3.C27H29N3O3.C26H27N3O/c1-39-33(38)29(22-24-11-8-14-28(21-24)31(34)35)30(20-15-23-9-4-2-5-10-23)36-32(37)27-18-16-26(17-19-27)25-12-6-3-7-13-25;1-33-27(32)23(18-20-11-8-14-22(17-20)25(28)29)24(16-15-19-9-4-2-5-10-19)30-26(31)21-12-6-3-7-13-21;1-19(17-21-11-8-14-23(18-21)25(27)28)24(16-15-20-9-4-2-5-10-20)29-26(30)22-12-6-3-7-13-22/h2-14,16-19,21,29-30H,15,20,22H2,1H3,(H3,34,35)(H,36,37);2-14,17,23-24H,15-16,18H2,1H3,(H3,28,29)(H,30,31);2-16,18-19,24H,17H2,1H3,(H3,27,28)(H,29,30)/b;;16-15+. The predicted octanol–water partition coefficient (Wildman–Crippen LogP) is 13.8. The van der Waals surface area contributed by atoms with Gasteiger partial charge in [-0.05, 0) is 150 Å². The summed E-state index contributed by atoms with van der Waals surface area (Å²) in [5.74, 6) is -2.49. The lowest BCUT2D eigenvalue weighted by atomic mass is 9.87. The monoisotopic (exact) mass is 1360 g/mol. The summed E-state index contributed by atoms with van der Waals surface area (Å²) in [6.07, 6.45) is 8.01. The van der Waals surface area contributed by atoms with Crippen molar-refractivity contribution in [2.24, 2.45) is 35.0 Å². The number of benzene rings is 10. The molecule has 3 amide bonds. The van der Waals surface area contributed by atoms with Crippen LogP contribution in [-0.2, 0) is 51.2 Å². The number of methoxy groups -OCH3 is 2. The van der Waals surface area contributed by atoms with Gasteiger partial charge in [0.25, 0.3) is 17.7 Å². The van der Waals surface area contributed by atoms with Gasteiger partial charge in [-0.3, -0.25) is 40.2 Å². The highest BCUT2D eigenvalue weighted by Crippen LogP contribution is 2.25. The van der Waals surface area contributed by atoms with E-state index in [0.717, 1.165) is 50.9 Å². The summed E-state index contributed by atoms with van der Waals surface area (Å²) in [6.45, 7) is 2.12. The zero-order valence-electron chi connectivity index (χ0n) is 57.7. The first-order valence-corrected chi connectivity index (χ1v) is 33.9. The van der Waals surface area contributed by atoms with Gasteiger partial charge in [-0.1, -0.05) is 244 Å². The Morgan fingerprint density at radius 3 is 1.07 bits per heavy atom. The normalized spacial score (nSPS) is 12.5. The van der Waals surface area contributed by atoms with E-state index in [1.54, 1.807) is 60.7 Å². The highest BCUT2D eigenvalue weighted by molar-refractivity contribution is 5.98. The highest BCUT2D eigenvalue weighted by Gasteiger charge is 2.33. The van der Waals surface area contributed by atoms with E-state index in [1.807, 2.05) is 224 Å². The van der Waals surface area contributed by atoms with Crippen LogP contribution in [0.5, 0.6) is 0 Å². The molecule has 0 aromatic heterocycles. The van der Waals surface area contributed by atoms with Gasteiger partial charge in [0.1, 0.15) is 17.5 Å². The van der Waals surface area contributed by atoms with Crippen LogP contribution in [0.1, 0.15) is 101 Å². The van der Waals surface area contributed by atoms with Crippen molar-refractivity contribution < 1.29 is 33.4 Å². The molecular formula is C86H89N9O7. The van der Waals surface area contributed by atoms with Crippen LogP contribution in [0.3, 0.4) is 0 Å². The van der Waals surface area contributed by atoms with Crippen molar-refractivity contribution in [1.82, 2.24) is 16.0 Å². The molecule has 6 atom stereocenters. The van der Waals surface area contributed by atoms with Crippen molar-refractivity contribution in [3.63, 3.8) is 0 Å². The van der Waals surface area contributed by atoms with Crippen LogP contribution in [-0.4, -0.2) is 79.5 Å². The Morgan fingerprint density at radius 1 is 0.373 bits per heavy atom. The summed E-state index contributed by atoms with van der Waals surface area (Å²) in [6, 6.07) is 86.7. The van der Waals surface area contributed by atoms with Gasteiger partial charge in [-0.15, -0.1) is 0 Å². The fraction of sp³-hybridized carbons (Fsp3) is 0.186. The zero-order chi connectivity index (χ0) is 72.6. The van der Waals surface area contributed by atoms with Crippen molar-refractivity contribution in [1.29, 1.82) is 16.2 Å². The Balaban J connectivity index is 0.000000196. The first-order chi connectivity index (χ1) is 49.4. The van der Waals surface area contributed by atoms with Crippen LogP contribution in [0, 0.1) is 34.0 Å². The van der Waals surface area contributed by atoms with Gasteiger partial charge in [0.05, 0.1) is 32.1 Å². The molecule has 10 aromatic rings. The molecule has 0 aliphatic carbocycles. The average molecular weight is 1360 g/mol. The minimum Gasteiger partial charge on any atom is -0.469 e. The number of nitrogens with two attached hydrogens (primary N) is 3. The molecule has 0 bridgehead atoms. The van der Waals surface area contributed by atoms with Crippen molar-refractivity contribution in [3.8, 4) is 11.1 Å². The topological polar surface area (TPSA) is 290 Å². The third-order valence-corrected chi connectivity index (χ3v) is 17.5. The lowest BCUT2D eigenvalue weighted by molar-refractivity contribution is -0.147. The van der Waals surface area contributed by atoms with Crippen LogP contribution >= 0.6 is 0 Å². The van der Waals surface area contributed by atoms with E-state index in [2.05, 4.69) is 29.0 Å². The predicted molar refractivity (Wildman–Crippen MR) is 407 cm³/mol. The minimum absolute atomic E-state index is 0.0375. The number of ether oxygens (including phenoxy) is 2. The molecule has 0 heterocycles. The van der Waals surface area contributed by atoms with Crippen LogP contribution < -0.4 is 33.2 Å². The molecule has 0 fully saturated rings. The maximum absolute atomic E-state index is 13.4. The van der Waals surface area contributed by atoms with Crippen LogP contribution in [0.15, 0.2) is 285 Å². The molecule has 10 rings (SSSR count). The van der Waals surface area contributed by atoms with Gasteiger partial charge in [0, 0.05) is 45.5 Å². The summed E-state index contributed by atoms with van der Waals surface area (Å²) >= 11 is 0. The molecule has 16 nitrogen and oxygen atoms in total. The van der Waals surface area contributed by atoms with Crippen LogP contribution in [0.2, 0.25) is 0 Å². The van der Waals surface area contributed by atoms with E-state index in [0.29, 0.717) is 71.9 Å². The van der Waals surface area contributed by atoms with Crippen molar-refractivity contribution in [3.05, 3.63) is 352 Å². The Labute approximate surface area is 598 Å². The summed E-state index contributed by atoms with van der Waals surface area (Å²) in [5, 5.41) is 32.5. The quantitative estimate of drug-likeness (QED) is 0.0121. The van der Waals surface area contributed by atoms with Gasteiger partial charge in [-0.2, -0.15) is 0 Å². The van der Waals surface area contributed by atoms with E-state index in [-0.39, 0.29) is 47.2 Å².